The fourth-order valence-electron chi connectivity index (χ4n) is 3.51. The Morgan fingerprint density at radius 1 is 1.29 bits per heavy atom. The molecule has 3 atom stereocenters. The van der Waals surface area contributed by atoms with E-state index in [1.165, 1.54) is 12.0 Å². The molecule has 2 aliphatic heterocycles. The molecule has 0 spiro atoms. The van der Waals surface area contributed by atoms with Crippen LogP contribution in [0.3, 0.4) is 0 Å². The van der Waals surface area contributed by atoms with Crippen LogP contribution in [0.5, 0.6) is 11.5 Å². The second kappa shape index (κ2) is 6.24. The van der Waals surface area contributed by atoms with E-state index >= 15 is 0 Å². The minimum absolute atomic E-state index is 0.383. The van der Waals surface area contributed by atoms with Gasteiger partial charge in [0.05, 0.1) is 13.2 Å². The first-order valence-corrected chi connectivity index (χ1v) is 8.04. The van der Waals surface area contributed by atoms with E-state index in [1.54, 1.807) is 0 Å². The van der Waals surface area contributed by atoms with E-state index in [2.05, 4.69) is 30.9 Å². The minimum Gasteiger partial charge on any atom is -0.490 e. The Morgan fingerprint density at radius 2 is 2.05 bits per heavy atom. The van der Waals surface area contributed by atoms with Gasteiger partial charge in [-0.15, -0.1) is 0 Å². The van der Waals surface area contributed by atoms with Gasteiger partial charge in [0, 0.05) is 25.0 Å². The lowest BCUT2D eigenvalue weighted by Crippen LogP contribution is -2.30. The maximum absolute atomic E-state index is 5.84. The summed E-state index contributed by atoms with van der Waals surface area (Å²) < 4.78 is 11.5. The van der Waals surface area contributed by atoms with E-state index in [4.69, 9.17) is 15.2 Å². The number of hydrogen-bond donors (Lipinski definition) is 1. The van der Waals surface area contributed by atoms with Crippen molar-refractivity contribution < 1.29 is 9.47 Å². The molecule has 0 radical (unpaired) electrons. The lowest BCUT2D eigenvalue weighted by molar-refractivity contribution is 0.200. The maximum Gasteiger partial charge on any atom is 0.161 e. The van der Waals surface area contributed by atoms with Crippen LogP contribution in [0.25, 0.3) is 0 Å². The third kappa shape index (κ3) is 3.01. The third-order valence-corrected chi connectivity index (χ3v) is 4.79. The highest BCUT2D eigenvalue weighted by molar-refractivity contribution is 5.44. The van der Waals surface area contributed by atoms with Crippen molar-refractivity contribution in [1.29, 1.82) is 0 Å². The summed E-state index contributed by atoms with van der Waals surface area (Å²) in [5, 5.41) is 0. The van der Waals surface area contributed by atoms with E-state index < -0.39 is 0 Å². The molecule has 3 rings (SSSR count). The summed E-state index contributed by atoms with van der Waals surface area (Å²) >= 11 is 0. The summed E-state index contributed by atoms with van der Waals surface area (Å²) in [5.74, 6) is 2.39. The second-order valence-corrected chi connectivity index (χ2v) is 6.32. The maximum atomic E-state index is 5.84. The highest BCUT2D eigenvalue weighted by Gasteiger charge is 2.32. The van der Waals surface area contributed by atoms with E-state index in [1.807, 2.05) is 6.07 Å². The van der Waals surface area contributed by atoms with Gasteiger partial charge in [0.1, 0.15) is 0 Å². The summed E-state index contributed by atoms with van der Waals surface area (Å²) in [6.45, 7) is 7.93. The summed E-state index contributed by atoms with van der Waals surface area (Å²) in [6.07, 6.45) is 2.15. The van der Waals surface area contributed by atoms with Gasteiger partial charge in [-0.2, -0.15) is 0 Å². The van der Waals surface area contributed by atoms with Crippen molar-refractivity contribution in [3.05, 3.63) is 23.8 Å². The molecule has 1 aromatic rings. The van der Waals surface area contributed by atoms with E-state index in [-0.39, 0.29) is 0 Å². The highest BCUT2D eigenvalue weighted by Crippen LogP contribution is 2.36. The Balaban J connectivity index is 1.78. The molecule has 116 valence electrons. The summed E-state index contributed by atoms with van der Waals surface area (Å²) in [6, 6.07) is 7.33. The minimum atomic E-state index is 0.383. The molecule has 0 saturated carbocycles. The average Bonchev–Trinajstić information content (AvgIpc) is 2.72. The first-order valence-electron chi connectivity index (χ1n) is 8.04. The van der Waals surface area contributed by atoms with Crippen molar-refractivity contribution in [1.82, 2.24) is 4.90 Å². The summed E-state index contributed by atoms with van der Waals surface area (Å²) in [4.78, 5) is 2.55. The molecule has 1 saturated heterocycles. The molecular weight excluding hydrogens is 264 g/mol. The monoisotopic (exact) mass is 290 g/mol. The zero-order valence-corrected chi connectivity index (χ0v) is 13.0. The molecule has 2 N–H and O–H groups in total. The van der Waals surface area contributed by atoms with Crippen LogP contribution < -0.4 is 15.2 Å². The van der Waals surface area contributed by atoms with Crippen LogP contribution in [-0.2, 0) is 0 Å². The molecule has 1 aromatic carbocycles. The second-order valence-electron chi connectivity index (χ2n) is 6.32. The van der Waals surface area contributed by atoms with Crippen molar-refractivity contribution in [2.45, 2.75) is 38.8 Å². The van der Waals surface area contributed by atoms with Crippen LogP contribution in [0.4, 0.5) is 0 Å². The van der Waals surface area contributed by atoms with Crippen molar-refractivity contribution >= 4 is 0 Å². The Labute approximate surface area is 127 Å². The zero-order valence-electron chi connectivity index (χ0n) is 13.0. The number of likely N-dealkylation sites (tertiary alicyclic amines) is 1. The Kier molecular flexibility index (Phi) is 4.36. The van der Waals surface area contributed by atoms with Crippen molar-refractivity contribution in [3.8, 4) is 11.5 Å². The van der Waals surface area contributed by atoms with E-state index in [0.717, 1.165) is 44.2 Å². The highest BCUT2D eigenvalue weighted by atomic mass is 16.5. The van der Waals surface area contributed by atoms with E-state index in [0.29, 0.717) is 18.0 Å². The topological polar surface area (TPSA) is 47.7 Å². The number of benzene rings is 1. The first kappa shape index (κ1) is 14.7. The van der Waals surface area contributed by atoms with Crippen LogP contribution in [0, 0.1) is 5.92 Å². The quantitative estimate of drug-likeness (QED) is 0.929. The van der Waals surface area contributed by atoms with Crippen molar-refractivity contribution in [3.63, 3.8) is 0 Å². The Morgan fingerprint density at radius 3 is 2.76 bits per heavy atom. The zero-order chi connectivity index (χ0) is 14.8. The van der Waals surface area contributed by atoms with Crippen molar-refractivity contribution in [2.24, 2.45) is 11.7 Å². The number of nitrogens with zero attached hydrogens (tertiary/aromatic N) is 1. The number of hydrogen-bond acceptors (Lipinski definition) is 4. The first-order chi connectivity index (χ1) is 10.2. The Hall–Kier alpha value is -1.26. The number of rotatable bonds is 3. The molecule has 1 fully saturated rings. The molecule has 4 nitrogen and oxygen atoms in total. The number of ether oxygens (including phenoxy) is 2. The van der Waals surface area contributed by atoms with Gasteiger partial charge in [0.2, 0.25) is 0 Å². The molecule has 0 amide bonds. The fourth-order valence-corrected chi connectivity index (χ4v) is 3.51. The molecule has 4 heteroatoms. The summed E-state index contributed by atoms with van der Waals surface area (Å²) in [7, 11) is 0. The van der Waals surface area contributed by atoms with E-state index in [9.17, 15) is 0 Å². The molecule has 3 unspecified atom stereocenters. The van der Waals surface area contributed by atoms with Gasteiger partial charge in [-0.1, -0.05) is 6.07 Å². The van der Waals surface area contributed by atoms with Gasteiger partial charge in [-0.3, -0.25) is 4.90 Å². The van der Waals surface area contributed by atoms with Crippen LogP contribution in [0.2, 0.25) is 0 Å². The molecule has 21 heavy (non-hydrogen) atoms. The smallest absolute Gasteiger partial charge is 0.161 e. The van der Waals surface area contributed by atoms with Gasteiger partial charge in [-0.25, -0.2) is 0 Å². The van der Waals surface area contributed by atoms with Crippen LogP contribution >= 0.6 is 0 Å². The number of nitrogens with two attached hydrogens (primary N) is 1. The molecule has 2 heterocycles. The molecule has 0 bridgehead atoms. The van der Waals surface area contributed by atoms with Gasteiger partial charge in [0.25, 0.3) is 0 Å². The molecule has 0 aromatic heterocycles. The predicted molar refractivity (Wildman–Crippen MR) is 83.8 cm³/mol. The largest absolute Gasteiger partial charge is 0.490 e. The van der Waals surface area contributed by atoms with Crippen LogP contribution in [0.15, 0.2) is 18.2 Å². The lowest BCUT2D eigenvalue weighted by Gasteiger charge is -2.29. The lowest BCUT2D eigenvalue weighted by atomic mass is 10.1. The summed E-state index contributed by atoms with van der Waals surface area (Å²) in [5.41, 5.74) is 7.14. The molecule has 0 aliphatic carbocycles. The van der Waals surface area contributed by atoms with Gasteiger partial charge in [0.15, 0.2) is 11.5 Å². The number of fused-ring (bicyclic) bond motifs is 1. The van der Waals surface area contributed by atoms with Gasteiger partial charge < -0.3 is 15.2 Å². The predicted octanol–water partition coefficient (Wildman–Crippen LogP) is 2.58. The van der Waals surface area contributed by atoms with Crippen LogP contribution in [0.1, 0.15) is 38.3 Å². The van der Waals surface area contributed by atoms with Gasteiger partial charge >= 0.3 is 0 Å². The normalized spacial score (nSPS) is 27.4. The molecular formula is C17H26N2O2. The SMILES string of the molecule is CC1CC(CN)CN1C(C)c1ccc2c(c1)OCCCO2. The average molecular weight is 290 g/mol. The van der Waals surface area contributed by atoms with Crippen LogP contribution in [-0.4, -0.2) is 37.2 Å². The van der Waals surface area contributed by atoms with Gasteiger partial charge in [-0.05, 0) is 50.4 Å². The van der Waals surface area contributed by atoms with Crippen molar-refractivity contribution in [2.75, 3.05) is 26.3 Å². The molecule has 2 aliphatic rings. The third-order valence-electron chi connectivity index (χ3n) is 4.79. The Bertz CT molecular complexity index is 492. The fraction of sp³-hybridized carbons (Fsp3) is 0.647. The standard InChI is InChI=1S/C17H26N2O2/c1-12-8-14(10-18)11-19(12)13(2)15-4-5-16-17(9-15)21-7-3-6-20-16/h4-5,9,12-14H,3,6-8,10-11,18H2,1-2H3.